The van der Waals surface area contributed by atoms with E-state index in [0.717, 1.165) is 29.7 Å². The van der Waals surface area contributed by atoms with Crippen molar-refractivity contribution in [2.75, 3.05) is 26.3 Å². The van der Waals surface area contributed by atoms with Crippen LogP contribution >= 0.6 is 0 Å². The first-order valence-corrected chi connectivity index (χ1v) is 13.7. The van der Waals surface area contributed by atoms with Crippen molar-refractivity contribution in [3.05, 3.63) is 58.7 Å². The van der Waals surface area contributed by atoms with Gasteiger partial charge in [0.25, 0.3) is 5.91 Å². The van der Waals surface area contributed by atoms with Gasteiger partial charge in [-0.15, -0.1) is 0 Å². The molecule has 0 radical (unpaired) electrons. The molecule has 2 heterocycles. The molecule has 0 bridgehead atoms. The lowest BCUT2D eigenvalue weighted by Crippen LogP contribution is -2.46. The molecule has 2 aliphatic rings. The molecule has 9 heteroatoms. The van der Waals surface area contributed by atoms with Gasteiger partial charge in [-0.1, -0.05) is 6.07 Å². The summed E-state index contributed by atoms with van der Waals surface area (Å²) in [7, 11) is 0. The number of ether oxygens (including phenoxy) is 3. The van der Waals surface area contributed by atoms with Gasteiger partial charge in [0, 0.05) is 36.2 Å². The lowest BCUT2D eigenvalue weighted by Gasteiger charge is -2.38. The number of phenols is 1. The summed E-state index contributed by atoms with van der Waals surface area (Å²) in [5, 5.41) is 13.1. The van der Waals surface area contributed by atoms with E-state index >= 15 is 0 Å². The highest BCUT2D eigenvalue weighted by Gasteiger charge is 2.44. The second-order valence-corrected chi connectivity index (χ2v) is 12.6. The van der Waals surface area contributed by atoms with Crippen LogP contribution in [0.25, 0.3) is 0 Å². The standard InChI is InChI=1S/C31H40N2O7/c1-29(2,3)39-18-25(35)22-16-21(8-9-24(22)34)27(36)33-13-11-31(12-14-33)19-38-26-10-7-20(15-23(26)31)17-32-28(37)40-30(4,5)6/h7-10,15-16,34H,11-14,17-19H2,1-6H3,(H,32,37). The second kappa shape index (κ2) is 11.1. The maximum atomic E-state index is 13.4. The Hall–Kier alpha value is -3.59. The van der Waals surface area contributed by atoms with Crippen molar-refractivity contribution in [2.24, 2.45) is 0 Å². The Morgan fingerprint density at radius 3 is 2.35 bits per heavy atom. The fourth-order valence-corrected chi connectivity index (χ4v) is 5.00. The molecular weight excluding hydrogens is 512 g/mol. The Morgan fingerprint density at radius 1 is 1.00 bits per heavy atom. The molecule has 1 spiro atoms. The molecule has 2 aromatic rings. The smallest absolute Gasteiger partial charge is 0.407 e. The van der Waals surface area contributed by atoms with Gasteiger partial charge in [-0.3, -0.25) is 9.59 Å². The largest absolute Gasteiger partial charge is 0.507 e. The van der Waals surface area contributed by atoms with E-state index in [2.05, 4.69) is 11.4 Å². The number of Topliss-reactive ketones (excluding diaryl/α,β-unsaturated/α-hetero) is 1. The van der Waals surface area contributed by atoms with Crippen LogP contribution in [0.4, 0.5) is 4.79 Å². The number of alkyl carbamates (subject to hydrolysis) is 1. The molecule has 0 unspecified atom stereocenters. The number of ketones is 1. The number of hydrogen-bond donors (Lipinski definition) is 2. The van der Waals surface area contributed by atoms with Crippen molar-refractivity contribution >= 4 is 17.8 Å². The van der Waals surface area contributed by atoms with Gasteiger partial charge in [0.15, 0.2) is 5.78 Å². The Balaban J connectivity index is 1.41. The molecule has 1 saturated heterocycles. The summed E-state index contributed by atoms with van der Waals surface area (Å²) in [6.07, 6.45) is 0.974. The monoisotopic (exact) mass is 552 g/mol. The SMILES string of the molecule is CC(C)(C)OCC(=O)c1cc(C(=O)N2CCC3(CC2)COc2ccc(CNC(=O)OC(C)(C)C)cc23)ccc1O. The van der Waals surface area contributed by atoms with E-state index in [1.54, 1.807) is 11.0 Å². The first-order valence-electron chi connectivity index (χ1n) is 13.7. The zero-order valence-corrected chi connectivity index (χ0v) is 24.3. The topological polar surface area (TPSA) is 114 Å². The number of rotatable bonds is 6. The third-order valence-corrected chi connectivity index (χ3v) is 7.14. The maximum Gasteiger partial charge on any atom is 0.407 e. The van der Waals surface area contributed by atoms with Crippen LogP contribution in [-0.2, 0) is 21.4 Å². The van der Waals surface area contributed by atoms with Gasteiger partial charge in [0.2, 0.25) is 0 Å². The van der Waals surface area contributed by atoms with Crippen LogP contribution in [0.2, 0.25) is 0 Å². The summed E-state index contributed by atoms with van der Waals surface area (Å²) in [6.45, 7) is 12.8. The Bertz CT molecular complexity index is 1280. The second-order valence-electron chi connectivity index (χ2n) is 12.6. The normalized spacial score (nSPS) is 16.3. The van der Waals surface area contributed by atoms with Crippen molar-refractivity contribution < 1.29 is 33.7 Å². The molecule has 2 N–H and O–H groups in total. The van der Waals surface area contributed by atoms with Crippen LogP contribution < -0.4 is 10.1 Å². The average molecular weight is 553 g/mol. The van der Waals surface area contributed by atoms with Crippen molar-refractivity contribution in [3.8, 4) is 11.5 Å². The molecule has 0 aliphatic carbocycles. The minimum Gasteiger partial charge on any atom is -0.507 e. The fraction of sp³-hybridized carbons (Fsp3) is 0.516. The lowest BCUT2D eigenvalue weighted by atomic mass is 9.74. The minimum atomic E-state index is -0.566. The molecule has 216 valence electrons. The summed E-state index contributed by atoms with van der Waals surface area (Å²) < 4.78 is 16.9. The fourth-order valence-electron chi connectivity index (χ4n) is 5.00. The van der Waals surface area contributed by atoms with Gasteiger partial charge in [-0.25, -0.2) is 4.79 Å². The predicted molar refractivity (Wildman–Crippen MR) is 150 cm³/mol. The van der Waals surface area contributed by atoms with E-state index < -0.39 is 17.3 Å². The number of carbonyl (C=O) groups is 3. The molecule has 2 aromatic carbocycles. The number of amides is 2. The third kappa shape index (κ3) is 6.94. The van der Waals surface area contributed by atoms with Gasteiger partial charge >= 0.3 is 6.09 Å². The van der Waals surface area contributed by atoms with Gasteiger partial charge in [-0.05, 0) is 90.3 Å². The summed E-state index contributed by atoms with van der Waals surface area (Å²) >= 11 is 0. The highest BCUT2D eigenvalue weighted by atomic mass is 16.6. The van der Waals surface area contributed by atoms with E-state index in [-0.39, 0.29) is 35.0 Å². The summed E-state index contributed by atoms with van der Waals surface area (Å²) in [6, 6.07) is 10.3. The third-order valence-electron chi connectivity index (χ3n) is 7.14. The molecule has 0 atom stereocenters. The molecule has 40 heavy (non-hydrogen) atoms. The van der Waals surface area contributed by atoms with Crippen LogP contribution in [0.3, 0.4) is 0 Å². The number of nitrogens with one attached hydrogen (secondary N) is 1. The number of hydrogen-bond acceptors (Lipinski definition) is 7. The first-order chi connectivity index (χ1) is 18.7. The van der Waals surface area contributed by atoms with E-state index in [1.807, 2.05) is 53.7 Å². The minimum absolute atomic E-state index is 0.0780. The molecule has 4 rings (SSSR count). The molecule has 2 aliphatic heterocycles. The summed E-state index contributed by atoms with van der Waals surface area (Å²) in [5.41, 5.74) is 1.20. The molecule has 0 aromatic heterocycles. The molecule has 2 amide bonds. The number of likely N-dealkylation sites (tertiary alicyclic amines) is 1. The van der Waals surface area contributed by atoms with Gasteiger partial charge < -0.3 is 29.5 Å². The van der Waals surface area contributed by atoms with Gasteiger partial charge in [0.1, 0.15) is 23.7 Å². The number of phenolic OH excluding ortho intramolecular Hbond substituents is 1. The maximum absolute atomic E-state index is 13.4. The van der Waals surface area contributed by atoms with Crippen LogP contribution in [-0.4, -0.2) is 65.3 Å². The summed E-state index contributed by atoms with van der Waals surface area (Å²) in [4.78, 5) is 39.9. The van der Waals surface area contributed by atoms with Crippen molar-refractivity contribution in [1.82, 2.24) is 10.2 Å². The van der Waals surface area contributed by atoms with Crippen molar-refractivity contribution in [2.45, 2.75) is 77.5 Å². The predicted octanol–water partition coefficient (Wildman–Crippen LogP) is 4.98. The van der Waals surface area contributed by atoms with Gasteiger partial charge in [-0.2, -0.15) is 0 Å². The number of aromatic hydroxyl groups is 1. The highest BCUT2D eigenvalue weighted by molar-refractivity contribution is 6.03. The number of piperidine rings is 1. The molecule has 1 fully saturated rings. The van der Waals surface area contributed by atoms with Crippen molar-refractivity contribution in [1.29, 1.82) is 0 Å². The number of nitrogens with zero attached hydrogens (tertiary/aromatic N) is 1. The quantitative estimate of drug-likeness (QED) is 0.486. The molecule has 0 saturated carbocycles. The Morgan fingerprint density at radius 2 is 1.70 bits per heavy atom. The van der Waals surface area contributed by atoms with Crippen LogP contribution in [0, 0.1) is 0 Å². The highest BCUT2D eigenvalue weighted by Crippen LogP contribution is 2.46. The zero-order valence-electron chi connectivity index (χ0n) is 24.3. The van der Waals surface area contributed by atoms with E-state index in [1.165, 1.54) is 12.1 Å². The van der Waals surface area contributed by atoms with Gasteiger partial charge in [0.05, 0.1) is 17.8 Å². The number of benzene rings is 2. The number of fused-ring (bicyclic) bond motifs is 2. The van der Waals surface area contributed by atoms with E-state index in [9.17, 15) is 19.5 Å². The lowest BCUT2D eigenvalue weighted by molar-refractivity contribution is 0.00295. The summed E-state index contributed by atoms with van der Waals surface area (Å²) in [5.74, 6) is 0.0970. The van der Waals surface area contributed by atoms with E-state index in [4.69, 9.17) is 14.2 Å². The van der Waals surface area contributed by atoms with Crippen LogP contribution in [0.15, 0.2) is 36.4 Å². The number of carbonyl (C=O) groups excluding carboxylic acids is 3. The zero-order chi connectivity index (χ0) is 29.3. The van der Waals surface area contributed by atoms with Crippen LogP contribution in [0.5, 0.6) is 11.5 Å². The van der Waals surface area contributed by atoms with Crippen molar-refractivity contribution in [3.63, 3.8) is 0 Å². The molecule has 9 nitrogen and oxygen atoms in total. The molecular formula is C31H40N2O7. The Labute approximate surface area is 235 Å². The Kier molecular flexibility index (Phi) is 8.17. The van der Waals surface area contributed by atoms with Crippen LogP contribution in [0.1, 0.15) is 86.2 Å². The first kappa shape index (κ1) is 29.4. The van der Waals surface area contributed by atoms with E-state index in [0.29, 0.717) is 31.8 Å². The average Bonchev–Trinajstić information content (AvgIpc) is 3.22.